The molecule has 0 spiro atoms. The average Bonchev–Trinajstić information content (AvgIpc) is 1.65. The van der Waals surface area contributed by atoms with Gasteiger partial charge >= 0.3 is 11.2 Å². The topological polar surface area (TPSA) is 78.7 Å². The van der Waals surface area contributed by atoms with Gasteiger partial charge in [0.05, 0.1) is 7.11 Å². The van der Waals surface area contributed by atoms with Gasteiger partial charge in [-0.2, -0.15) is 4.84 Å². The van der Waals surface area contributed by atoms with Gasteiger partial charge in [-0.05, 0) is 0 Å². The molecule has 0 aliphatic carbocycles. The fourth-order valence-corrected chi connectivity index (χ4v) is 0.0981. The van der Waals surface area contributed by atoms with E-state index in [0.717, 1.165) is 7.11 Å². The summed E-state index contributed by atoms with van der Waals surface area (Å²) in [5.41, 5.74) is 0. The molecule has 0 N–H and O–H groups in total. The Kier molecular flexibility index (Phi) is 2.32. The van der Waals surface area contributed by atoms with Crippen molar-refractivity contribution < 1.29 is 19.5 Å². The third-order valence-electron chi connectivity index (χ3n) is 0.316. The van der Waals surface area contributed by atoms with E-state index in [4.69, 9.17) is 0 Å². The van der Waals surface area contributed by atoms with E-state index in [2.05, 4.69) is 9.57 Å². The van der Waals surface area contributed by atoms with Crippen molar-refractivity contribution in [1.29, 1.82) is 0 Å². The SMILES string of the molecule is COC(=O)O[N+](=O)[O-]. The predicted molar refractivity (Wildman–Crippen MR) is 20.5 cm³/mol. The lowest BCUT2D eigenvalue weighted by Crippen LogP contribution is -2.09. The van der Waals surface area contributed by atoms with Gasteiger partial charge in [-0.1, -0.05) is 0 Å². The van der Waals surface area contributed by atoms with Crippen LogP contribution in [0.3, 0.4) is 0 Å². The second-order valence-corrected chi connectivity index (χ2v) is 0.769. The summed E-state index contributed by atoms with van der Waals surface area (Å²) in [6.07, 6.45) is -1.32. The molecule has 0 saturated carbocycles. The molecule has 0 amide bonds. The van der Waals surface area contributed by atoms with Crippen LogP contribution in [0.25, 0.3) is 0 Å². The first kappa shape index (κ1) is 6.67. The fourth-order valence-electron chi connectivity index (χ4n) is 0.0981. The largest absolute Gasteiger partial charge is 0.486 e. The highest BCUT2D eigenvalue weighted by Crippen LogP contribution is 1.79. The normalized spacial score (nSPS) is 7.62. The number of carbonyl (C=O) groups excluding carboxylic acids is 1. The Hall–Kier alpha value is -1.33. The summed E-state index contributed by atoms with van der Waals surface area (Å²) in [4.78, 5) is 22.2. The molecule has 0 fully saturated rings. The van der Waals surface area contributed by atoms with E-state index >= 15 is 0 Å². The van der Waals surface area contributed by atoms with Crippen LogP contribution in [0, 0.1) is 10.1 Å². The maximum atomic E-state index is 9.74. The Morgan fingerprint density at radius 2 is 2.25 bits per heavy atom. The highest BCUT2D eigenvalue weighted by atomic mass is 17.0. The smallest absolute Gasteiger partial charge is 0.449 e. The second-order valence-electron chi connectivity index (χ2n) is 0.769. The summed E-state index contributed by atoms with van der Waals surface area (Å²) < 4.78 is 3.76. The molecule has 0 radical (unpaired) electrons. The first-order chi connectivity index (χ1) is 3.66. The van der Waals surface area contributed by atoms with Crippen LogP contribution < -0.4 is 0 Å². The van der Waals surface area contributed by atoms with E-state index in [1.54, 1.807) is 0 Å². The number of carbonyl (C=O) groups is 1. The number of nitrogens with zero attached hydrogens (tertiary/aromatic N) is 1. The summed E-state index contributed by atoms with van der Waals surface area (Å²) in [5.74, 6) is 0. The Labute approximate surface area is 44.1 Å². The molecule has 0 aromatic heterocycles. The average molecular weight is 121 g/mol. The molecule has 0 heterocycles. The minimum absolute atomic E-state index is 0.978. The summed E-state index contributed by atoms with van der Waals surface area (Å²) in [6, 6.07) is 0. The molecular formula is C2H3NO5. The van der Waals surface area contributed by atoms with Crippen molar-refractivity contribution in [3.63, 3.8) is 0 Å². The number of hydrogen-bond acceptors (Lipinski definition) is 5. The van der Waals surface area contributed by atoms with Gasteiger partial charge in [-0.3, -0.25) is 0 Å². The van der Waals surface area contributed by atoms with E-state index in [0.29, 0.717) is 0 Å². The van der Waals surface area contributed by atoms with Gasteiger partial charge in [-0.15, -0.1) is 10.1 Å². The summed E-state index contributed by atoms with van der Waals surface area (Å²) in [6.45, 7) is 0. The molecule has 0 atom stereocenters. The van der Waals surface area contributed by atoms with Gasteiger partial charge in [0.1, 0.15) is 0 Å². The minimum Gasteiger partial charge on any atom is -0.449 e. The van der Waals surface area contributed by atoms with E-state index < -0.39 is 11.2 Å². The Balaban J connectivity index is 3.40. The molecule has 0 aromatic rings. The molecule has 0 aromatic carbocycles. The summed E-state index contributed by atoms with van der Waals surface area (Å²) in [5, 5.41) is 8.01. The summed E-state index contributed by atoms with van der Waals surface area (Å²) >= 11 is 0. The highest BCUT2D eigenvalue weighted by molar-refractivity contribution is 5.58. The zero-order valence-electron chi connectivity index (χ0n) is 3.99. The molecule has 0 bridgehead atoms. The zero-order valence-corrected chi connectivity index (χ0v) is 3.99. The van der Waals surface area contributed by atoms with Gasteiger partial charge in [-0.25, -0.2) is 4.79 Å². The van der Waals surface area contributed by atoms with E-state index in [1.807, 2.05) is 0 Å². The van der Waals surface area contributed by atoms with E-state index in [9.17, 15) is 14.9 Å². The van der Waals surface area contributed by atoms with Crippen molar-refractivity contribution in [2.75, 3.05) is 7.11 Å². The summed E-state index contributed by atoms with van der Waals surface area (Å²) in [7, 11) is 0.978. The molecule has 6 nitrogen and oxygen atoms in total. The zero-order chi connectivity index (χ0) is 6.57. The lowest BCUT2D eigenvalue weighted by Gasteiger charge is -1.90. The Morgan fingerprint density at radius 3 is 2.38 bits per heavy atom. The molecule has 0 aliphatic rings. The van der Waals surface area contributed by atoms with Gasteiger partial charge < -0.3 is 4.74 Å². The maximum Gasteiger partial charge on any atom is 0.486 e. The van der Waals surface area contributed by atoms with Crippen LogP contribution in [0.1, 0.15) is 0 Å². The van der Waals surface area contributed by atoms with Crippen molar-refractivity contribution in [2.24, 2.45) is 0 Å². The van der Waals surface area contributed by atoms with Crippen LogP contribution in [0.5, 0.6) is 0 Å². The standard InChI is InChI=1S/C2H3NO5/c1-7-2(4)8-3(5)6/h1H3. The first-order valence-electron chi connectivity index (χ1n) is 1.57. The van der Waals surface area contributed by atoms with Crippen LogP contribution in [0.2, 0.25) is 0 Å². The molecule has 6 heteroatoms. The maximum absolute atomic E-state index is 9.74. The van der Waals surface area contributed by atoms with Crippen LogP contribution in [-0.2, 0) is 9.57 Å². The number of ether oxygens (including phenoxy) is 1. The lowest BCUT2D eigenvalue weighted by molar-refractivity contribution is -0.730. The minimum atomic E-state index is -1.32. The van der Waals surface area contributed by atoms with Crippen molar-refractivity contribution in [3.8, 4) is 0 Å². The van der Waals surface area contributed by atoms with Gasteiger partial charge in [0.15, 0.2) is 0 Å². The fraction of sp³-hybridized carbons (Fsp3) is 0.500. The van der Waals surface area contributed by atoms with Gasteiger partial charge in [0, 0.05) is 0 Å². The third kappa shape index (κ3) is 2.88. The predicted octanol–water partition coefficient (Wildman–Crippen LogP) is -0.0389. The second kappa shape index (κ2) is 2.78. The van der Waals surface area contributed by atoms with Crippen molar-refractivity contribution in [2.45, 2.75) is 0 Å². The van der Waals surface area contributed by atoms with E-state index in [-0.39, 0.29) is 0 Å². The van der Waals surface area contributed by atoms with Crippen LogP contribution in [0.4, 0.5) is 4.79 Å². The van der Waals surface area contributed by atoms with Crippen molar-refractivity contribution in [3.05, 3.63) is 10.1 Å². The van der Waals surface area contributed by atoms with Crippen LogP contribution >= 0.6 is 0 Å². The number of methoxy groups -OCH3 is 1. The molecule has 46 valence electrons. The van der Waals surface area contributed by atoms with Gasteiger partial charge in [0.25, 0.3) is 0 Å². The number of hydrogen-bond donors (Lipinski definition) is 0. The highest BCUT2D eigenvalue weighted by Gasteiger charge is 2.03. The molecule has 8 heavy (non-hydrogen) atoms. The first-order valence-corrected chi connectivity index (χ1v) is 1.57. The lowest BCUT2D eigenvalue weighted by atomic mass is 11.3. The Bertz CT molecular complexity index is 109. The molecule has 0 rings (SSSR count). The molecule has 0 unspecified atom stereocenters. The van der Waals surface area contributed by atoms with Crippen molar-refractivity contribution in [1.82, 2.24) is 0 Å². The molecular weight excluding hydrogens is 118 g/mol. The van der Waals surface area contributed by atoms with E-state index in [1.165, 1.54) is 0 Å². The Morgan fingerprint density at radius 1 is 1.75 bits per heavy atom. The van der Waals surface area contributed by atoms with Gasteiger partial charge in [0.2, 0.25) is 0 Å². The van der Waals surface area contributed by atoms with Crippen molar-refractivity contribution >= 4 is 6.16 Å². The van der Waals surface area contributed by atoms with Crippen LogP contribution in [-0.4, -0.2) is 18.4 Å². The number of rotatable bonds is 1. The molecule has 0 saturated heterocycles. The van der Waals surface area contributed by atoms with Crippen LogP contribution in [0.15, 0.2) is 0 Å². The third-order valence-corrected chi connectivity index (χ3v) is 0.316. The quantitative estimate of drug-likeness (QED) is 0.276. The monoisotopic (exact) mass is 121 g/mol. The molecule has 0 aliphatic heterocycles.